The van der Waals surface area contributed by atoms with Gasteiger partial charge in [0.15, 0.2) is 0 Å². The molecule has 0 radical (unpaired) electrons. The SMILES string of the molecule is Cn1cc(-c2cc(-c3ccc(N4CCN(C(=O)C5(c6ccccc6)CCCCC5)CC4)nc3)c3c(C#N)cnn3c2)cn1. The number of aryl methyl sites for hydroxylation is 1. The Bertz CT molecular complexity index is 1800. The van der Waals surface area contributed by atoms with E-state index in [-0.39, 0.29) is 5.91 Å². The van der Waals surface area contributed by atoms with E-state index in [0.29, 0.717) is 18.7 Å². The molecule has 1 aliphatic heterocycles. The smallest absolute Gasteiger partial charge is 0.233 e. The zero-order chi connectivity index (χ0) is 29.4. The van der Waals surface area contributed by atoms with Crippen LogP contribution in [0.5, 0.6) is 0 Å². The Kier molecular flexibility index (Phi) is 6.90. The molecule has 1 saturated heterocycles. The van der Waals surface area contributed by atoms with E-state index < -0.39 is 5.41 Å². The molecule has 2 aliphatic rings. The van der Waals surface area contributed by atoms with Crippen molar-refractivity contribution >= 4 is 17.2 Å². The molecule has 4 aromatic heterocycles. The number of fused-ring (bicyclic) bond motifs is 1. The zero-order valence-electron chi connectivity index (χ0n) is 24.4. The van der Waals surface area contributed by atoms with Gasteiger partial charge >= 0.3 is 0 Å². The molecule has 9 heteroatoms. The molecule has 5 aromatic rings. The largest absolute Gasteiger partial charge is 0.353 e. The quantitative estimate of drug-likeness (QED) is 0.288. The summed E-state index contributed by atoms with van der Waals surface area (Å²) in [4.78, 5) is 23.2. The molecule has 0 bridgehead atoms. The minimum Gasteiger partial charge on any atom is -0.353 e. The monoisotopic (exact) mass is 570 g/mol. The number of nitriles is 1. The van der Waals surface area contributed by atoms with Crippen molar-refractivity contribution in [2.75, 3.05) is 31.1 Å². The highest BCUT2D eigenvalue weighted by Crippen LogP contribution is 2.41. The summed E-state index contributed by atoms with van der Waals surface area (Å²) in [5.74, 6) is 1.17. The maximum atomic E-state index is 14.0. The van der Waals surface area contributed by atoms with Gasteiger partial charge in [0.2, 0.25) is 5.91 Å². The normalized spacial score (nSPS) is 16.7. The Morgan fingerprint density at radius 1 is 0.860 bits per heavy atom. The van der Waals surface area contributed by atoms with Crippen LogP contribution in [0.15, 0.2) is 79.5 Å². The van der Waals surface area contributed by atoms with Crippen LogP contribution < -0.4 is 4.90 Å². The van der Waals surface area contributed by atoms with Crippen LogP contribution in [0.3, 0.4) is 0 Å². The topological polar surface area (TPSA) is 95.3 Å². The van der Waals surface area contributed by atoms with Gasteiger partial charge in [-0.25, -0.2) is 9.50 Å². The van der Waals surface area contributed by atoms with Crippen LogP contribution in [-0.4, -0.2) is 61.4 Å². The van der Waals surface area contributed by atoms with Gasteiger partial charge in [-0.05, 0) is 36.6 Å². The van der Waals surface area contributed by atoms with E-state index in [1.54, 1.807) is 15.4 Å². The fourth-order valence-electron chi connectivity index (χ4n) is 6.86. The third kappa shape index (κ3) is 4.83. The summed E-state index contributed by atoms with van der Waals surface area (Å²) >= 11 is 0. The molecule has 9 nitrogen and oxygen atoms in total. The summed E-state index contributed by atoms with van der Waals surface area (Å²) in [6.45, 7) is 2.85. The lowest BCUT2D eigenvalue weighted by Crippen LogP contribution is -2.55. The van der Waals surface area contributed by atoms with E-state index in [0.717, 1.165) is 72.4 Å². The first-order chi connectivity index (χ1) is 21.1. The van der Waals surface area contributed by atoms with E-state index in [1.807, 2.05) is 44.0 Å². The average molecular weight is 571 g/mol. The van der Waals surface area contributed by atoms with Crippen LogP contribution in [0.4, 0.5) is 5.82 Å². The van der Waals surface area contributed by atoms with Gasteiger partial charge in [-0.3, -0.25) is 9.48 Å². The molecule has 43 heavy (non-hydrogen) atoms. The van der Waals surface area contributed by atoms with Gasteiger partial charge in [-0.2, -0.15) is 15.5 Å². The maximum absolute atomic E-state index is 14.0. The number of benzene rings is 1. The van der Waals surface area contributed by atoms with E-state index >= 15 is 0 Å². The molecular weight excluding hydrogens is 536 g/mol. The number of carbonyl (C=O) groups is 1. The van der Waals surface area contributed by atoms with Gasteiger partial charge in [0.05, 0.1) is 28.9 Å². The van der Waals surface area contributed by atoms with Crippen LogP contribution >= 0.6 is 0 Å². The first-order valence-electron chi connectivity index (χ1n) is 15.0. The molecule has 5 heterocycles. The number of anilines is 1. The molecule has 0 unspecified atom stereocenters. The fourth-order valence-corrected chi connectivity index (χ4v) is 6.86. The summed E-state index contributed by atoms with van der Waals surface area (Å²) in [6.07, 6.45) is 14.4. The highest BCUT2D eigenvalue weighted by atomic mass is 16.2. The summed E-state index contributed by atoms with van der Waals surface area (Å²) in [7, 11) is 1.89. The van der Waals surface area contributed by atoms with Gasteiger partial charge in [0.1, 0.15) is 11.9 Å². The minimum absolute atomic E-state index is 0.285. The lowest BCUT2D eigenvalue weighted by atomic mass is 9.68. The maximum Gasteiger partial charge on any atom is 0.233 e. The van der Waals surface area contributed by atoms with Crippen LogP contribution in [-0.2, 0) is 17.3 Å². The van der Waals surface area contributed by atoms with Crippen LogP contribution in [0, 0.1) is 11.3 Å². The number of piperazine rings is 1. The van der Waals surface area contributed by atoms with Crippen LogP contribution in [0.2, 0.25) is 0 Å². The third-order valence-corrected chi connectivity index (χ3v) is 9.16. The molecular formula is C34H34N8O. The van der Waals surface area contributed by atoms with Crippen LogP contribution in [0.25, 0.3) is 27.8 Å². The van der Waals surface area contributed by atoms with Crippen molar-refractivity contribution in [3.8, 4) is 28.3 Å². The second-order valence-electron chi connectivity index (χ2n) is 11.7. The first-order valence-corrected chi connectivity index (χ1v) is 15.0. The van der Waals surface area contributed by atoms with Crippen LogP contribution in [0.1, 0.15) is 43.2 Å². The molecule has 0 spiro atoms. The lowest BCUT2D eigenvalue weighted by molar-refractivity contribution is -0.139. The minimum atomic E-state index is -0.396. The number of rotatable bonds is 5. The van der Waals surface area contributed by atoms with E-state index in [4.69, 9.17) is 4.98 Å². The van der Waals surface area contributed by atoms with E-state index in [1.165, 1.54) is 12.0 Å². The third-order valence-electron chi connectivity index (χ3n) is 9.16. The van der Waals surface area contributed by atoms with Gasteiger partial charge < -0.3 is 9.80 Å². The number of aromatic nitrogens is 5. The van der Waals surface area contributed by atoms with Gasteiger partial charge in [-0.15, -0.1) is 0 Å². The summed E-state index contributed by atoms with van der Waals surface area (Å²) in [6, 6.07) is 18.9. The highest BCUT2D eigenvalue weighted by molar-refractivity contribution is 5.89. The summed E-state index contributed by atoms with van der Waals surface area (Å²) in [5, 5.41) is 18.5. The molecule has 7 rings (SSSR count). The molecule has 1 amide bonds. The highest BCUT2D eigenvalue weighted by Gasteiger charge is 2.44. The second-order valence-corrected chi connectivity index (χ2v) is 11.7. The Hall–Kier alpha value is -4.97. The predicted molar refractivity (Wildman–Crippen MR) is 165 cm³/mol. The Morgan fingerprint density at radius 2 is 1.65 bits per heavy atom. The standard InChI is InChI=1S/C34H34N8O/c1-39-23-28(22-37-39)26-18-30(32-27(19-35)21-38-42(32)24-26)25-10-11-31(36-20-25)40-14-16-41(17-15-40)33(43)34(12-6-3-7-13-34)29-8-4-2-5-9-29/h2,4-5,8-11,18,20-24H,3,6-7,12-17H2,1H3. The molecule has 1 aromatic carbocycles. The van der Waals surface area contributed by atoms with Crippen molar-refractivity contribution < 1.29 is 4.79 Å². The van der Waals surface area contributed by atoms with E-state index in [2.05, 4.69) is 62.5 Å². The Balaban J connectivity index is 1.11. The molecule has 0 N–H and O–H groups in total. The Morgan fingerprint density at radius 3 is 2.33 bits per heavy atom. The summed E-state index contributed by atoms with van der Waals surface area (Å²) < 4.78 is 3.53. The van der Waals surface area contributed by atoms with Crippen molar-refractivity contribution in [2.45, 2.75) is 37.5 Å². The summed E-state index contributed by atoms with van der Waals surface area (Å²) in [5.41, 5.74) is 5.77. The number of amides is 1. The number of hydrogen-bond donors (Lipinski definition) is 0. The molecule has 1 saturated carbocycles. The van der Waals surface area contributed by atoms with Gasteiger partial charge in [0.25, 0.3) is 0 Å². The van der Waals surface area contributed by atoms with Crippen molar-refractivity contribution in [2.24, 2.45) is 7.05 Å². The predicted octanol–water partition coefficient (Wildman–Crippen LogP) is 5.22. The fraction of sp³-hybridized carbons (Fsp3) is 0.324. The van der Waals surface area contributed by atoms with Crippen molar-refractivity contribution in [1.82, 2.24) is 29.3 Å². The molecule has 216 valence electrons. The number of hydrogen-bond acceptors (Lipinski definition) is 6. The number of carbonyl (C=O) groups excluding carboxylic acids is 1. The zero-order valence-corrected chi connectivity index (χ0v) is 24.4. The van der Waals surface area contributed by atoms with E-state index in [9.17, 15) is 10.1 Å². The number of nitrogens with zero attached hydrogens (tertiary/aromatic N) is 8. The second kappa shape index (κ2) is 11.0. The Labute approximate surface area is 251 Å². The average Bonchev–Trinajstić information content (AvgIpc) is 3.71. The molecule has 1 aliphatic carbocycles. The number of pyridine rings is 2. The van der Waals surface area contributed by atoms with Crippen molar-refractivity contribution in [1.29, 1.82) is 5.26 Å². The molecule has 2 fully saturated rings. The first kappa shape index (κ1) is 26.9. The van der Waals surface area contributed by atoms with Crippen molar-refractivity contribution in [3.63, 3.8) is 0 Å². The molecule has 0 atom stereocenters. The van der Waals surface area contributed by atoms with Crippen molar-refractivity contribution in [3.05, 3.63) is 90.6 Å². The lowest BCUT2D eigenvalue weighted by Gasteiger charge is -2.43. The van der Waals surface area contributed by atoms with Gasteiger partial charge in [-0.1, -0.05) is 49.6 Å². The van der Waals surface area contributed by atoms with Gasteiger partial charge in [0, 0.05) is 74.1 Å².